The van der Waals surface area contributed by atoms with Gasteiger partial charge in [-0.25, -0.2) is 9.37 Å². The minimum Gasteiger partial charge on any atom is -0.330 e. The monoisotopic (exact) mass is 289 g/mol. The fraction of sp³-hybridized carbons (Fsp3) is 0.588. The second-order valence-corrected chi connectivity index (χ2v) is 6.70. The Bertz CT molecular complexity index is 628. The SMILES string of the molecule is CC(C)CC(CN)Cc1nc2ccc(F)cc2n1C1CC1. The lowest BCUT2D eigenvalue weighted by Crippen LogP contribution is -2.20. The summed E-state index contributed by atoms with van der Waals surface area (Å²) in [6, 6.07) is 5.39. The third kappa shape index (κ3) is 3.10. The topological polar surface area (TPSA) is 43.8 Å². The Morgan fingerprint density at radius 3 is 2.76 bits per heavy atom. The van der Waals surface area contributed by atoms with E-state index in [-0.39, 0.29) is 5.82 Å². The van der Waals surface area contributed by atoms with Crippen LogP contribution in [0.3, 0.4) is 0 Å². The summed E-state index contributed by atoms with van der Waals surface area (Å²) in [4.78, 5) is 4.75. The van der Waals surface area contributed by atoms with Crippen molar-refractivity contribution in [3.8, 4) is 0 Å². The maximum Gasteiger partial charge on any atom is 0.125 e. The largest absolute Gasteiger partial charge is 0.330 e. The average Bonchev–Trinajstić information content (AvgIpc) is 3.20. The van der Waals surface area contributed by atoms with Crippen LogP contribution < -0.4 is 5.73 Å². The van der Waals surface area contributed by atoms with Crippen molar-refractivity contribution >= 4 is 11.0 Å². The second-order valence-electron chi connectivity index (χ2n) is 6.70. The number of benzene rings is 1. The highest BCUT2D eigenvalue weighted by atomic mass is 19.1. The van der Waals surface area contributed by atoms with E-state index in [4.69, 9.17) is 10.7 Å². The van der Waals surface area contributed by atoms with Crippen LogP contribution in [0.15, 0.2) is 18.2 Å². The van der Waals surface area contributed by atoms with Gasteiger partial charge < -0.3 is 10.3 Å². The predicted molar refractivity (Wildman–Crippen MR) is 83.7 cm³/mol. The molecule has 1 aliphatic rings. The Hall–Kier alpha value is -1.42. The summed E-state index contributed by atoms with van der Waals surface area (Å²) < 4.78 is 15.8. The molecule has 114 valence electrons. The summed E-state index contributed by atoms with van der Waals surface area (Å²) in [6.07, 6.45) is 4.35. The van der Waals surface area contributed by atoms with Crippen LogP contribution in [0.5, 0.6) is 0 Å². The van der Waals surface area contributed by atoms with Gasteiger partial charge in [0.1, 0.15) is 11.6 Å². The Morgan fingerprint density at radius 1 is 1.38 bits per heavy atom. The summed E-state index contributed by atoms with van der Waals surface area (Å²) in [7, 11) is 0. The molecule has 1 aliphatic carbocycles. The first-order valence-electron chi connectivity index (χ1n) is 7.95. The lowest BCUT2D eigenvalue weighted by Gasteiger charge is -2.17. The lowest BCUT2D eigenvalue weighted by molar-refractivity contribution is 0.403. The van der Waals surface area contributed by atoms with Crippen LogP contribution in [0.4, 0.5) is 4.39 Å². The molecule has 1 aromatic carbocycles. The molecule has 1 saturated carbocycles. The molecular weight excluding hydrogens is 265 g/mol. The number of fused-ring (bicyclic) bond motifs is 1. The van der Waals surface area contributed by atoms with Crippen molar-refractivity contribution < 1.29 is 4.39 Å². The molecule has 0 amide bonds. The second kappa shape index (κ2) is 5.76. The van der Waals surface area contributed by atoms with Gasteiger partial charge in [-0.15, -0.1) is 0 Å². The highest BCUT2D eigenvalue weighted by molar-refractivity contribution is 5.76. The predicted octanol–water partition coefficient (Wildman–Crippen LogP) is 3.67. The molecule has 0 saturated heterocycles. The van der Waals surface area contributed by atoms with E-state index in [0.29, 0.717) is 24.4 Å². The normalized spacial score (nSPS) is 16.8. The van der Waals surface area contributed by atoms with Gasteiger partial charge in [0, 0.05) is 12.5 Å². The van der Waals surface area contributed by atoms with E-state index in [1.165, 1.54) is 18.9 Å². The molecule has 2 N–H and O–H groups in total. The van der Waals surface area contributed by atoms with Gasteiger partial charge in [-0.05, 0) is 55.8 Å². The van der Waals surface area contributed by atoms with Crippen molar-refractivity contribution in [2.45, 2.75) is 45.6 Å². The minimum atomic E-state index is -0.187. The smallest absolute Gasteiger partial charge is 0.125 e. The lowest BCUT2D eigenvalue weighted by atomic mass is 9.94. The van der Waals surface area contributed by atoms with Gasteiger partial charge >= 0.3 is 0 Å². The van der Waals surface area contributed by atoms with Gasteiger partial charge in [0.2, 0.25) is 0 Å². The quantitative estimate of drug-likeness (QED) is 0.881. The fourth-order valence-electron chi connectivity index (χ4n) is 3.19. The zero-order valence-electron chi connectivity index (χ0n) is 12.8. The Kier molecular flexibility index (Phi) is 3.98. The number of imidazole rings is 1. The number of nitrogens with two attached hydrogens (primary N) is 1. The number of halogens is 1. The molecule has 1 heterocycles. The van der Waals surface area contributed by atoms with Crippen molar-refractivity contribution in [1.82, 2.24) is 9.55 Å². The van der Waals surface area contributed by atoms with Gasteiger partial charge in [0.05, 0.1) is 11.0 Å². The molecule has 4 heteroatoms. The van der Waals surface area contributed by atoms with E-state index in [9.17, 15) is 4.39 Å². The number of hydrogen-bond donors (Lipinski definition) is 1. The Balaban J connectivity index is 1.95. The Morgan fingerprint density at radius 2 is 2.14 bits per heavy atom. The first kappa shape index (κ1) is 14.5. The molecule has 2 aromatic rings. The van der Waals surface area contributed by atoms with Gasteiger partial charge in [-0.2, -0.15) is 0 Å². The zero-order chi connectivity index (χ0) is 15.0. The molecule has 1 fully saturated rings. The molecule has 0 aliphatic heterocycles. The van der Waals surface area contributed by atoms with Crippen LogP contribution in [-0.2, 0) is 6.42 Å². The van der Waals surface area contributed by atoms with Crippen molar-refractivity contribution in [3.05, 3.63) is 29.8 Å². The van der Waals surface area contributed by atoms with Gasteiger partial charge in [-0.3, -0.25) is 0 Å². The number of aromatic nitrogens is 2. The molecular formula is C17H24FN3. The molecule has 1 aromatic heterocycles. The number of nitrogens with zero attached hydrogens (tertiary/aromatic N) is 2. The number of rotatable bonds is 6. The molecule has 3 rings (SSSR count). The molecule has 0 spiro atoms. The van der Waals surface area contributed by atoms with Crippen molar-refractivity contribution in [2.75, 3.05) is 6.54 Å². The summed E-state index contributed by atoms with van der Waals surface area (Å²) in [5.74, 6) is 1.97. The maximum atomic E-state index is 13.5. The summed E-state index contributed by atoms with van der Waals surface area (Å²) in [5.41, 5.74) is 7.77. The minimum absolute atomic E-state index is 0.187. The maximum absolute atomic E-state index is 13.5. The third-order valence-electron chi connectivity index (χ3n) is 4.25. The first-order chi connectivity index (χ1) is 10.1. The number of hydrogen-bond acceptors (Lipinski definition) is 2. The fourth-order valence-corrected chi connectivity index (χ4v) is 3.19. The van der Waals surface area contributed by atoms with Crippen LogP contribution in [0, 0.1) is 17.7 Å². The van der Waals surface area contributed by atoms with Crippen LogP contribution in [-0.4, -0.2) is 16.1 Å². The van der Waals surface area contributed by atoms with Crippen LogP contribution in [0.25, 0.3) is 11.0 Å². The van der Waals surface area contributed by atoms with E-state index in [1.54, 1.807) is 12.1 Å². The first-order valence-corrected chi connectivity index (χ1v) is 7.95. The van der Waals surface area contributed by atoms with Gasteiger partial charge in [0.25, 0.3) is 0 Å². The van der Waals surface area contributed by atoms with Crippen molar-refractivity contribution in [3.63, 3.8) is 0 Å². The van der Waals surface area contributed by atoms with E-state index >= 15 is 0 Å². The molecule has 1 atom stereocenters. The average molecular weight is 289 g/mol. The highest BCUT2D eigenvalue weighted by Crippen LogP contribution is 2.39. The zero-order valence-corrected chi connectivity index (χ0v) is 12.8. The summed E-state index contributed by atoms with van der Waals surface area (Å²) in [6.45, 7) is 5.13. The molecule has 0 bridgehead atoms. The molecule has 21 heavy (non-hydrogen) atoms. The van der Waals surface area contributed by atoms with Crippen LogP contribution in [0.2, 0.25) is 0 Å². The van der Waals surface area contributed by atoms with Gasteiger partial charge in [0.15, 0.2) is 0 Å². The molecule has 3 nitrogen and oxygen atoms in total. The third-order valence-corrected chi connectivity index (χ3v) is 4.25. The highest BCUT2D eigenvalue weighted by Gasteiger charge is 2.29. The van der Waals surface area contributed by atoms with E-state index in [2.05, 4.69) is 18.4 Å². The van der Waals surface area contributed by atoms with Crippen LogP contribution in [0.1, 0.15) is 45.0 Å². The summed E-state index contributed by atoms with van der Waals surface area (Å²) in [5, 5.41) is 0. The standard InChI is InChI=1S/C17H24FN3/c1-11(2)7-12(10-19)8-17-20-15-6-3-13(18)9-16(15)21(17)14-4-5-14/h3,6,9,11-12,14H,4-5,7-8,10,19H2,1-2H3. The van der Waals surface area contributed by atoms with Crippen molar-refractivity contribution in [2.24, 2.45) is 17.6 Å². The van der Waals surface area contributed by atoms with E-state index in [0.717, 1.165) is 29.7 Å². The van der Waals surface area contributed by atoms with E-state index in [1.807, 2.05) is 0 Å². The summed E-state index contributed by atoms with van der Waals surface area (Å²) >= 11 is 0. The molecule has 1 unspecified atom stereocenters. The van der Waals surface area contributed by atoms with Crippen LogP contribution >= 0.6 is 0 Å². The van der Waals surface area contributed by atoms with Crippen molar-refractivity contribution in [1.29, 1.82) is 0 Å². The van der Waals surface area contributed by atoms with Gasteiger partial charge in [-0.1, -0.05) is 13.8 Å². The van der Waals surface area contributed by atoms with E-state index < -0.39 is 0 Å². The molecule has 0 radical (unpaired) electrons. The Labute approximate surface area is 125 Å².